The average Bonchev–Trinajstić information content (AvgIpc) is 3.25. The van der Waals surface area contributed by atoms with Crippen LogP contribution in [0.25, 0.3) is 0 Å². The van der Waals surface area contributed by atoms with Crippen LogP contribution < -0.4 is 4.74 Å². The summed E-state index contributed by atoms with van der Waals surface area (Å²) in [6.07, 6.45) is 3.70. The van der Waals surface area contributed by atoms with Crippen LogP contribution in [0.15, 0.2) is 41.2 Å². The molecule has 0 aliphatic carbocycles. The van der Waals surface area contributed by atoms with Crippen LogP contribution in [-0.4, -0.2) is 32.6 Å². The van der Waals surface area contributed by atoms with Crippen molar-refractivity contribution < 1.29 is 14.1 Å². The highest BCUT2D eigenvalue weighted by atomic mass is 16.5. The first-order valence-corrected chi connectivity index (χ1v) is 8.47. The van der Waals surface area contributed by atoms with E-state index in [9.17, 15) is 4.79 Å². The number of hydrogen-bond donors (Lipinski definition) is 0. The van der Waals surface area contributed by atoms with Gasteiger partial charge in [-0.25, -0.2) is 4.98 Å². The van der Waals surface area contributed by atoms with Gasteiger partial charge in [0.05, 0.1) is 25.4 Å². The number of benzene rings is 1. The van der Waals surface area contributed by atoms with Gasteiger partial charge in [0.25, 0.3) is 5.91 Å². The lowest BCUT2D eigenvalue weighted by atomic mass is 10.0. The summed E-state index contributed by atoms with van der Waals surface area (Å²) in [5.74, 6) is 2.04. The van der Waals surface area contributed by atoms with Crippen molar-refractivity contribution in [2.24, 2.45) is 0 Å². The summed E-state index contributed by atoms with van der Waals surface area (Å²) in [4.78, 5) is 19.6. The summed E-state index contributed by atoms with van der Waals surface area (Å²) >= 11 is 0. The number of carbonyl (C=O) groups excluding carboxylic acids is 1. The number of methoxy groups -OCH3 is 1. The van der Waals surface area contributed by atoms with Crippen LogP contribution in [0.4, 0.5) is 0 Å². The Morgan fingerprint density at radius 3 is 2.85 bits per heavy atom. The molecule has 0 bridgehead atoms. The van der Waals surface area contributed by atoms with Gasteiger partial charge in [0.15, 0.2) is 0 Å². The van der Waals surface area contributed by atoms with Crippen LogP contribution >= 0.6 is 0 Å². The Morgan fingerprint density at radius 2 is 2.12 bits per heavy atom. The van der Waals surface area contributed by atoms with Crippen LogP contribution in [0.1, 0.15) is 39.2 Å². The van der Waals surface area contributed by atoms with E-state index in [1.54, 1.807) is 27.2 Å². The largest absolute Gasteiger partial charge is 0.496 e. The van der Waals surface area contributed by atoms with E-state index < -0.39 is 0 Å². The number of carbonyl (C=O) groups is 1. The second kappa shape index (κ2) is 6.33. The van der Waals surface area contributed by atoms with Crippen molar-refractivity contribution in [2.45, 2.75) is 33.0 Å². The molecule has 0 saturated carbocycles. The minimum Gasteiger partial charge on any atom is -0.496 e. The van der Waals surface area contributed by atoms with E-state index in [0.29, 0.717) is 30.1 Å². The van der Waals surface area contributed by atoms with E-state index >= 15 is 0 Å². The predicted molar refractivity (Wildman–Crippen MR) is 93.8 cm³/mol. The standard InChI is InChI=1S/C19H20N4O3/c1-12-18(13(2)26-21-12)19(24)23-11-17-20-8-9-22(17)10-15(23)14-6-4-5-7-16(14)25-3/h4-9,15H,10-11H2,1-3H3/t15-/m0/s1. The van der Waals surface area contributed by atoms with Gasteiger partial charge in [0.2, 0.25) is 0 Å². The molecule has 3 heterocycles. The summed E-state index contributed by atoms with van der Waals surface area (Å²) in [7, 11) is 1.64. The van der Waals surface area contributed by atoms with Gasteiger partial charge in [0.1, 0.15) is 22.9 Å². The third-order valence-electron chi connectivity index (χ3n) is 4.87. The lowest BCUT2D eigenvalue weighted by Gasteiger charge is -2.37. The zero-order valence-corrected chi connectivity index (χ0v) is 15.0. The van der Waals surface area contributed by atoms with Gasteiger partial charge in [-0.05, 0) is 19.9 Å². The first kappa shape index (κ1) is 16.4. The van der Waals surface area contributed by atoms with Crippen molar-refractivity contribution in [3.8, 4) is 5.75 Å². The number of nitrogens with zero attached hydrogens (tertiary/aromatic N) is 4. The predicted octanol–water partition coefficient (Wildman–Crippen LogP) is 2.89. The van der Waals surface area contributed by atoms with Gasteiger partial charge >= 0.3 is 0 Å². The highest BCUT2D eigenvalue weighted by molar-refractivity contribution is 5.96. The molecule has 26 heavy (non-hydrogen) atoms. The molecule has 0 fully saturated rings. The first-order chi connectivity index (χ1) is 12.6. The number of aryl methyl sites for hydroxylation is 2. The topological polar surface area (TPSA) is 73.4 Å². The third kappa shape index (κ3) is 2.56. The minimum atomic E-state index is -0.172. The molecule has 2 aromatic heterocycles. The maximum absolute atomic E-state index is 13.4. The fourth-order valence-corrected chi connectivity index (χ4v) is 3.56. The summed E-state index contributed by atoms with van der Waals surface area (Å²) in [6.45, 7) is 4.58. The van der Waals surface area contributed by atoms with E-state index in [4.69, 9.17) is 9.26 Å². The Balaban J connectivity index is 1.81. The van der Waals surface area contributed by atoms with Gasteiger partial charge < -0.3 is 18.7 Å². The molecule has 0 saturated heterocycles. The Hall–Kier alpha value is -3.09. The summed E-state index contributed by atoms with van der Waals surface area (Å²) in [5.41, 5.74) is 2.08. The van der Waals surface area contributed by atoms with Gasteiger partial charge in [-0.2, -0.15) is 0 Å². The van der Waals surface area contributed by atoms with Crippen molar-refractivity contribution in [2.75, 3.05) is 7.11 Å². The number of aromatic nitrogens is 3. The molecule has 0 unspecified atom stereocenters. The van der Waals surface area contributed by atoms with Crippen molar-refractivity contribution >= 4 is 5.91 Å². The molecule has 1 atom stereocenters. The van der Waals surface area contributed by atoms with Crippen molar-refractivity contribution in [1.29, 1.82) is 0 Å². The number of para-hydroxylation sites is 1. The number of ether oxygens (including phenoxy) is 1. The van der Waals surface area contributed by atoms with Crippen LogP contribution in [-0.2, 0) is 13.1 Å². The fourth-order valence-electron chi connectivity index (χ4n) is 3.56. The van der Waals surface area contributed by atoms with E-state index in [1.165, 1.54) is 0 Å². The second-order valence-corrected chi connectivity index (χ2v) is 6.39. The zero-order chi connectivity index (χ0) is 18.3. The van der Waals surface area contributed by atoms with Gasteiger partial charge in [-0.3, -0.25) is 4.79 Å². The smallest absolute Gasteiger partial charge is 0.260 e. The molecular formula is C19H20N4O3. The van der Waals surface area contributed by atoms with Gasteiger partial charge in [0, 0.05) is 24.5 Å². The van der Waals surface area contributed by atoms with E-state index in [0.717, 1.165) is 17.1 Å². The maximum Gasteiger partial charge on any atom is 0.260 e. The van der Waals surface area contributed by atoms with Gasteiger partial charge in [-0.15, -0.1) is 0 Å². The van der Waals surface area contributed by atoms with Crippen LogP contribution in [0.2, 0.25) is 0 Å². The van der Waals surface area contributed by atoms with Crippen LogP contribution in [0.3, 0.4) is 0 Å². The molecule has 1 amide bonds. The molecule has 1 aliphatic rings. The van der Waals surface area contributed by atoms with Crippen LogP contribution in [0.5, 0.6) is 5.75 Å². The molecule has 1 aliphatic heterocycles. The quantitative estimate of drug-likeness (QED) is 0.725. The normalized spacial score (nSPS) is 16.4. The van der Waals surface area contributed by atoms with Crippen molar-refractivity contribution in [1.82, 2.24) is 19.6 Å². The van der Waals surface area contributed by atoms with E-state index in [-0.39, 0.29) is 11.9 Å². The lowest BCUT2D eigenvalue weighted by Crippen LogP contribution is -2.41. The Morgan fingerprint density at radius 1 is 1.31 bits per heavy atom. The monoisotopic (exact) mass is 352 g/mol. The average molecular weight is 352 g/mol. The van der Waals surface area contributed by atoms with E-state index in [2.05, 4.69) is 14.7 Å². The molecular weight excluding hydrogens is 332 g/mol. The molecule has 7 nitrogen and oxygen atoms in total. The number of amides is 1. The summed E-state index contributed by atoms with van der Waals surface area (Å²) in [5, 5.41) is 3.93. The number of imidazole rings is 1. The number of fused-ring (bicyclic) bond motifs is 1. The second-order valence-electron chi connectivity index (χ2n) is 6.39. The van der Waals surface area contributed by atoms with Crippen molar-refractivity contribution in [3.63, 3.8) is 0 Å². The zero-order valence-electron chi connectivity index (χ0n) is 15.0. The van der Waals surface area contributed by atoms with E-state index in [1.807, 2.05) is 35.4 Å². The molecule has 4 rings (SSSR count). The highest BCUT2D eigenvalue weighted by Gasteiger charge is 2.35. The van der Waals surface area contributed by atoms with Gasteiger partial charge in [-0.1, -0.05) is 23.4 Å². The lowest BCUT2D eigenvalue weighted by molar-refractivity contribution is 0.0578. The molecule has 0 spiro atoms. The summed E-state index contributed by atoms with van der Waals surface area (Å²) < 4.78 is 12.8. The third-order valence-corrected chi connectivity index (χ3v) is 4.87. The highest BCUT2D eigenvalue weighted by Crippen LogP contribution is 2.36. The summed E-state index contributed by atoms with van der Waals surface area (Å²) in [6, 6.07) is 7.62. The fraction of sp³-hybridized carbons (Fsp3) is 0.316. The molecule has 0 N–H and O–H groups in total. The molecule has 3 aromatic rings. The minimum absolute atomic E-state index is 0.105. The van der Waals surface area contributed by atoms with Crippen molar-refractivity contribution in [3.05, 3.63) is 65.1 Å². The van der Waals surface area contributed by atoms with Crippen LogP contribution in [0, 0.1) is 13.8 Å². The maximum atomic E-state index is 13.4. The number of rotatable bonds is 3. The number of hydrogen-bond acceptors (Lipinski definition) is 5. The SMILES string of the molecule is COc1ccccc1[C@@H]1Cn2ccnc2CN1C(=O)c1c(C)noc1C. The first-order valence-electron chi connectivity index (χ1n) is 8.47. The molecule has 134 valence electrons. The Labute approximate surface area is 151 Å². The molecule has 7 heteroatoms. The molecule has 1 aromatic carbocycles. The molecule has 0 radical (unpaired) electrons. The Bertz CT molecular complexity index is 940. The Kier molecular flexibility index (Phi) is 3.99.